The van der Waals surface area contributed by atoms with Crippen LogP contribution in [0.4, 0.5) is 0 Å². The number of fused-ring (bicyclic) bond motifs is 1. The molecule has 1 unspecified atom stereocenters. The van der Waals surface area contributed by atoms with Gasteiger partial charge in [0, 0.05) is 7.11 Å². The van der Waals surface area contributed by atoms with E-state index in [1.165, 1.54) is 0 Å². The fourth-order valence-electron chi connectivity index (χ4n) is 2.73. The summed E-state index contributed by atoms with van der Waals surface area (Å²) >= 11 is 6.11. The van der Waals surface area contributed by atoms with Crippen LogP contribution in [-0.4, -0.2) is 29.9 Å². The molecule has 1 atom stereocenters. The van der Waals surface area contributed by atoms with E-state index >= 15 is 0 Å². The van der Waals surface area contributed by atoms with Crippen molar-refractivity contribution in [1.82, 2.24) is 9.55 Å². The predicted molar refractivity (Wildman–Crippen MR) is 86.3 cm³/mol. The number of halogens is 1. The zero-order valence-electron chi connectivity index (χ0n) is 12.9. The Hall–Kier alpha value is -1.26. The maximum Gasteiger partial charge on any atom is 0.147 e. The van der Waals surface area contributed by atoms with Gasteiger partial charge >= 0.3 is 0 Å². The van der Waals surface area contributed by atoms with Crippen LogP contribution in [0.1, 0.15) is 38.6 Å². The Morgan fingerprint density at radius 1 is 1.33 bits per heavy atom. The van der Waals surface area contributed by atoms with Crippen LogP contribution in [0.5, 0.6) is 5.75 Å². The third-order valence-electron chi connectivity index (χ3n) is 3.52. The molecule has 0 fully saturated rings. The van der Waals surface area contributed by atoms with Gasteiger partial charge in [-0.15, -0.1) is 11.6 Å². The Bertz CT molecular complexity index is 577. The minimum atomic E-state index is 0.246. The molecule has 2 aromatic rings. The summed E-state index contributed by atoms with van der Waals surface area (Å²) in [6, 6.07) is 6.26. The number of ether oxygens (including phenoxy) is 2. The molecule has 21 heavy (non-hydrogen) atoms. The molecule has 0 saturated carbocycles. The van der Waals surface area contributed by atoms with Crippen LogP contribution < -0.4 is 4.74 Å². The van der Waals surface area contributed by atoms with E-state index in [2.05, 4.69) is 22.5 Å². The first kappa shape index (κ1) is 16.1. The van der Waals surface area contributed by atoms with Crippen molar-refractivity contribution >= 4 is 22.6 Å². The summed E-state index contributed by atoms with van der Waals surface area (Å²) in [5, 5.41) is 0. The van der Waals surface area contributed by atoms with Crippen molar-refractivity contribution in [2.75, 3.05) is 20.3 Å². The monoisotopic (exact) mass is 310 g/mol. The van der Waals surface area contributed by atoms with E-state index in [4.69, 9.17) is 21.1 Å². The van der Waals surface area contributed by atoms with Crippen molar-refractivity contribution in [3.05, 3.63) is 24.0 Å². The second-order valence-electron chi connectivity index (χ2n) is 4.99. The van der Waals surface area contributed by atoms with Gasteiger partial charge in [0.25, 0.3) is 0 Å². The topological polar surface area (TPSA) is 36.3 Å². The second-order valence-corrected chi connectivity index (χ2v) is 5.25. The van der Waals surface area contributed by atoms with Crippen LogP contribution in [0.25, 0.3) is 11.0 Å². The van der Waals surface area contributed by atoms with Gasteiger partial charge in [-0.1, -0.05) is 19.4 Å². The number of alkyl halides is 1. The van der Waals surface area contributed by atoms with Gasteiger partial charge in [-0.05, 0) is 25.5 Å². The molecule has 0 aliphatic heterocycles. The molecule has 0 spiro atoms. The van der Waals surface area contributed by atoms with E-state index in [1.807, 2.05) is 19.1 Å². The van der Waals surface area contributed by atoms with Crippen LogP contribution in [0.3, 0.4) is 0 Å². The number of para-hydroxylation sites is 1. The van der Waals surface area contributed by atoms with E-state index in [-0.39, 0.29) is 6.04 Å². The number of imidazole rings is 1. The molecule has 1 aromatic heterocycles. The number of nitrogens with zero attached hydrogens (tertiary/aromatic N) is 2. The van der Waals surface area contributed by atoms with Crippen molar-refractivity contribution in [3.8, 4) is 5.75 Å². The Morgan fingerprint density at radius 2 is 2.14 bits per heavy atom. The zero-order valence-corrected chi connectivity index (χ0v) is 13.7. The Morgan fingerprint density at radius 3 is 2.76 bits per heavy atom. The highest BCUT2D eigenvalue weighted by molar-refractivity contribution is 6.16. The van der Waals surface area contributed by atoms with E-state index < -0.39 is 0 Å². The number of hydrogen-bond acceptors (Lipinski definition) is 3. The smallest absolute Gasteiger partial charge is 0.147 e. The third kappa shape index (κ3) is 3.33. The van der Waals surface area contributed by atoms with E-state index in [0.29, 0.717) is 19.1 Å². The third-order valence-corrected chi connectivity index (χ3v) is 3.76. The summed E-state index contributed by atoms with van der Waals surface area (Å²) in [7, 11) is 1.73. The molecule has 0 aliphatic rings. The molecule has 5 heteroatoms. The lowest BCUT2D eigenvalue weighted by molar-refractivity contribution is 0.151. The quantitative estimate of drug-likeness (QED) is 0.687. The molecule has 0 N–H and O–H groups in total. The maximum atomic E-state index is 6.11. The van der Waals surface area contributed by atoms with Gasteiger partial charge in [0.1, 0.15) is 17.1 Å². The molecule has 0 saturated heterocycles. The van der Waals surface area contributed by atoms with E-state index in [0.717, 1.165) is 35.4 Å². The Labute approximate surface area is 131 Å². The van der Waals surface area contributed by atoms with Crippen LogP contribution in [0, 0.1) is 0 Å². The normalized spacial score (nSPS) is 12.8. The lowest BCUT2D eigenvalue weighted by Crippen LogP contribution is -2.16. The molecule has 0 radical (unpaired) electrons. The average molecular weight is 311 g/mol. The highest BCUT2D eigenvalue weighted by Crippen LogP contribution is 2.30. The van der Waals surface area contributed by atoms with Crippen LogP contribution in [-0.2, 0) is 10.6 Å². The Kier molecular flexibility index (Phi) is 5.88. The molecular formula is C16H23ClN2O2. The minimum absolute atomic E-state index is 0.246. The first-order valence-corrected chi connectivity index (χ1v) is 7.97. The minimum Gasteiger partial charge on any atom is -0.492 e. The summed E-state index contributed by atoms with van der Waals surface area (Å²) in [6.07, 6.45) is 2.11. The number of aromatic nitrogens is 2. The van der Waals surface area contributed by atoms with Gasteiger partial charge in [-0.3, -0.25) is 0 Å². The lowest BCUT2D eigenvalue weighted by Gasteiger charge is -2.20. The van der Waals surface area contributed by atoms with Crippen molar-refractivity contribution in [2.45, 2.75) is 38.6 Å². The first-order chi connectivity index (χ1) is 10.3. The van der Waals surface area contributed by atoms with Crippen molar-refractivity contribution in [3.63, 3.8) is 0 Å². The summed E-state index contributed by atoms with van der Waals surface area (Å²) < 4.78 is 13.3. The summed E-state index contributed by atoms with van der Waals surface area (Å²) in [5.74, 6) is 2.06. The molecule has 1 aromatic carbocycles. The predicted octanol–water partition coefficient (Wildman–Crippen LogP) is 4.16. The lowest BCUT2D eigenvalue weighted by atomic mass is 10.1. The molecule has 0 aliphatic carbocycles. The first-order valence-electron chi connectivity index (χ1n) is 7.44. The van der Waals surface area contributed by atoms with Crippen molar-refractivity contribution in [1.29, 1.82) is 0 Å². The van der Waals surface area contributed by atoms with Gasteiger partial charge in [0.05, 0.1) is 30.7 Å². The van der Waals surface area contributed by atoms with Crippen LogP contribution in [0.15, 0.2) is 18.2 Å². The largest absolute Gasteiger partial charge is 0.492 e. The fourth-order valence-corrected chi connectivity index (χ4v) is 2.91. The van der Waals surface area contributed by atoms with Gasteiger partial charge in [0.15, 0.2) is 0 Å². The standard InChI is InChI=1S/C16H23ClN2O2/c1-4-7-12(11-20-3)19-13-8-6-9-14(21-5-2)16(13)18-15(19)10-17/h6,8-9,12H,4-5,7,10-11H2,1-3H3. The van der Waals surface area contributed by atoms with Gasteiger partial charge < -0.3 is 14.0 Å². The average Bonchev–Trinajstić information content (AvgIpc) is 2.87. The highest BCUT2D eigenvalue weighted by Gasteiger charge is 2.20. The van der Waals surface area contributed by atoms with Crippen molar-refractivity contribution in [2.24, 2.45) is 0 Å². The summed E-state index contributed by atoms with van der Waals surface area (Å²) in [5.41, 5.74) is 1.94. The molecule has 1 heterocycles. The zero-order chi connectivity index (χ0) is 15.2. The second kappa shape index (κ2) is 7.66. The number of rotatable bonds is 8. The molecule has 116 valence electrons. The molecule has 4 nitrogen and oxygen atoms in total. The SMILES string of the molecule is CCCC(COC)n1c(CCl)nc2c(OCC)cccc21. The Balaban J connectivity index is 2.57. The number of benzene rings is 1. The molecular weight excluding hydrogens is 288 g/mol. The van der Waals surface area contributed by atoms with Gasteiger partial charge in [-0.25, -0.2) is 4.98 Å². The number of hydrogen-bond donors (Lipinski definition) is 0. The summed E-state index contributed by atoms with van der Waals surface area (Å²) in [4.78, 5) is 4.69. The molecule has 0 amide bonds. The number of methoxy groups -OCH3 is 1. The van der Waals surface area contributed by atoms with E-state index in [1.54, 1.807) is 7.11 Å². The van der Waals surface area contributed by atoms with Crippen molar-refractivity contribution < 1.29 is 9.47 Å². The highest BCUT2D eigenvalue weighted by atomic mass is 35.5. The van der Waals surface area contributed by atoms with Crippen LogP contribution >= 0.6 is 11.6 Å². The van der Waals surface area contributed by atoms with E-state index in [9.17, 15) is 0 Å². The maximum absolute atomic E-state index is 6.11. The fraction of sp³-hybridized carbons (Fsp3) is 0.562. The summed E-state index contributed by atoms with van der Waals surface area (Å²) in [6.45, 7) is 5.43. The van der Waals surface area contributed by atoms with Crippen LogP contribution in [0.2, 0.25) is 0 Å². The molecule has 0 bridgehead atoms. The van der Waals surface area contributed by atoms with Gasteiger partial charge in [0.2, 0.25) is 0 Å². The van der Waals surface area contributed by atoms with Gasteiger partial charge in [-0.2, -0.15) is 0 Å². The molecule has 2 rings (SSSR count).